The number of hydrogen-bond acceptors (Lipinski definition) is 5. The lowest BCUT2D eigenvalue weighted by molar-refractivity contribution is -0.250. The van der Waals surface area contributed by atoms with Gasteiger partial charge >= 0.3 is 11.9 Å². The number of carbonyl (C=O) groups is 3. The van der Waals surface area contributed by atoms with E-state index in [1.165, 1.54) is 24.8 Å². The fraction of sp³-hybridized carbons (Fsp3) is 0.723. The molecule has 5 aliphatic carbocycles. The summed E-state index contributed by atoms with van der Waals surface area (Å²) in [6, 6.07) is 7.57. The van der Waals surface area contributed by atoms with E-state index >= 15 is 0 Å². The van der Waals surface area contributed by atoms with Crippen molar-refractivity contribution in [3.8, 4) is 0 Å². The third kappa shape index (κ3) is 6.86. The molecule has 5 fully saturated rings. The molecule has 0 heterocycles. The SMILES string of the molecule is C=C(O)c1ccc(CNC(=O)C[C@]23CC[C@@H](C(=C)C)[C@@H]2[C@H]2CC[C@@H]4[C@@]5(C)CC[C@H](OC(=O)CC(C)(C)CC(=O)O)C(C)(C)[C@@H]5CC[C@@]4(C)[C@]2(C)CC3)cc1. The van der Waals surface area contributed by atoms with Crippen LogP contribution < -0.4 is 5.32 Å². The summed E-state index contributed by atoms with van der Waals surface area (Å²) >= 11 is 0. The van der Waals surface area contributed by atoms with Crippen LogP contribution in [0.25, 0.3) is 5.76 Å². The van der Waals surface area contributed by atoms with E-state index in [2.05, 4.69) is 60.0 Å². The third-order valence-corrected chi connectivity index (χ3v) is 17.0. The smallest absolute Gasteiger partial charge is 0.306 e. The van der Waals surface area contributed by atoms with Crippen molar-refractivity contribution >= 4 is 23.6 Å². The predicted molar refractivity (Wildman–Crippen MR) is 214 cm³/mol. The summed E-state index contributed by atoms with van der Waals surface area (Å²) in [5.74, 6) is 1.47. The maximum absolute atomic E-state index is 13.8. The van der Waals surface area contributed by atoms with Crippen molar-refractivity contribution < 1.29 is 29.3 Å². The predicted octanol–water partition coefficient (Wildman–Crippen LogP) is 10.7. The molecule has 0 aromatic heterocycles. The van der Waals surface area contributed by atoms with E-state index < -0.39 is 11.4 Å². The summed E-state index contributed by atoms with van der Waals surface area (Å²) in [6.45, 7) is 27.0. The van der Waals surface area contributed by atoms with E-state index in [1.54, 1.807) is 0 Å². The van der Waals surface area contributed by atoms with Gasteiger partial charge in [0.2, 0.25) is 5.91 Å². The molecular formula is C47H69NO6. The van der Waals surface area contributed by atoms with Crippen LogP contribution >= 0.6 is 0 Å². The molecule has 1 aromatic rings. The number of carboxylic acid groups (broad SMARTS) is 1. The van der Waals surface area contributed by atoms with E-state index in [-0.39, 0.29) is 63.7 Å². The minimum atomic E-state index is -0.891. The number of hydrogen-bond donors (Lipinski definition) is 3. The fourth-order valence-corrected chi connectivity index (χ4v) is 14.2. The van der Waals surface area contributed by atoms with E-state index in [1.807, 2.05) is 38.1 Å². The van der Waals surface area contributed by atoms with Crippen LogP contribution in [0.4, 0.5) is 0 Å². The van der Waals surface area contributed by atoms with Gasteiger partial charge in [-0.1, -0.05) is 91.5 Å². The lowest BCUT2D eigenvalue weighted by Crippen LogP contribution is -2.67. The van der Waals surface area contributed by atoms with Gasteiger partial charge in [0, 0.05) is 23.9 Å². The average molecular weight is 744 g/mol. The van der Waals surface area contributed by atoms with Gasteiger partial charge in [0.25, 0.3) is 0 Å². The maximum Gasteiger partial charge on any atom is 0.306 e. The van der Waals surface area contributed by atoms with E-state index in [0.717, 1.165) is 50.5 Å². The van der Waals surface area contributed by atoms with E-state index in [0.29, 0.717) is 48.1 Å². The van der Waals surface area contributed by atoms with Gasteiger partial charge in [-0.25, -0.2) is 0 Å². The highest BCUT2D eigenvalue weighted by Gasteiger charge is 2.71. The average Bonchev–Trinajstić information content (AvgIpc) is 3.44. The van der Waals surface area contributed by atoms with Crippen molar-refractivity contribution in [2.24, 2.45) is 62.1 Å². The molecule has 0 spiro atoms. The van der Waals surface area contributed by atoms with Gasteiger partial charge in [-0.15, -0.1) is 0 Å². The minimum absolute atomic E-state index is 0.0103. The van der Waals surface area contributed by atoms with Crippen molar-refractivity contribution in [1.29, 1.82) is 0 Å². The monoisotopic (exact) mass is 744 g/mol. The van der Waals surface area contributed by atoms with Crippen molar-refractivity contribution in [2.75, 3.05) is 0 Å². The van der Waals surface area contributed by atoms with Gasteiger partial charge in [-0.3, -0.25) is 14.4 Å². The quantitative estimate of drug-likeness (QED) is 0.118. The number of ether oxygens (including phenoxy) is 1. The number of aliphatic hydroxyl groups excluding tert-OH is 1. The molecule has 0 saturated heterocycles. The van der Waals surface area contributed by atoms with Gasteiger partial charge in [-0.05, 0) is 133 Å². The van der Waals surface area contributed by atoms with E-state index in [4.69, 9.17) is 4.74 Å². The number of esters is 1. The van der Waals surface area contributed by atoms with Crippen LogP contribution in [0.1, 0.15) is 150 Å². The summed E-state index contributed by atoms with van der Waals surface area (Å²) in [6.07, 6.45) is 11.5. The normalized spacial score (nSPS) is 38.1. The Morgan fingerprint density at radius 2 is 1.52 bits per heavy atom. The zero-order valence-corrected chi connectivity index (χ0v) is 34.6. The second-order valence-corrected chi connectivity index (χ2v) is 20.9. The van der Waals surface area contributed by atoms with E-state index in [9.17, 15) is 24.6 Å². The van der Waals surface area contributed by atoms with Crippen molar-refractivity contribution in [1.82, 2.24) is 5.32 Å². The Balaban J connectivity index is 1.20. The van der Waals surface area contributed by atoms with Gasteiger partial charge in [0.15, 0.2) is 0 Å². The molecule has 0 bridgehead atoms. The van der Waals surface area contributed by atoms with Crippen LogP contribution in [0.3, 0.4) is 0 Å². The molecule has 298 valence electrons. The van der Waals surface area contributed by atoms with Crippen LogP contribution in [0.5, 0.6) is 0 Å². The van der Waals surface area contributed by atoms with Crippen LogP contribution in [0.2, 0.25) is 0 Å². The second kappa shape index (κ2) is 14.1. The van der Waals surface area contributed by atoms with Gasteiger partial charge in [0.05, 0.1) is 12.8 Å². The summed E-state index contributed by atoms with van der Waals surface area (Å²) in [7, 11) is 0. The Kier molecular flexibility index (Phi) is 10.6. The first kappa shape index (κ1) is 40.6. The van der Waals surface area contributed by atoms with Gasteiger partial charge in [-0.2, -0.15) is 0 Å². The number of fused-ring (bicyclic) bond motifs is 7. The molecule has 0 unspecified atom stereocenters. The zero-order chi connectivity index (χ0) is 39.6. The number of allylic oxidation sites excluding steroid dienone is 1. The molecule has 0 aliphatic heterocycles. The van der Waals surface area contributed by atoms with Crippen LogP contribution in [0.15, 0.2) is 43.0 Å². The highest BCUT2D eigenvalue weighted by atomic mass is 16.5. The lowest BCUT2D eigenvalue weighted by atomic mass is 9.32. The molecule has 1 aromatic carbocycles. The molecule has 6 rings (SSSR count). The molecule has 3 N–H and O–H groups in total. The molecule has 1 amide bonds. The minimum Gasteiger partial charge on any atom is -0.508 e. The molecular weight excluding hydrogens is 675 g/mol. The number of rotatable bonds is 11. The second-order valence-electron chi connectivity index (χ2n) is 20.9. The summed E-state index contributed by atoms with van der Waals surface area (Å²) in [5.41, 5.74) is 2.60. The Morgan fingerprint density at radius 1 is 0.833 bits per heavy atom. The van der Waals surface area contributed by atoms with Crippen LogP contribution in [0, 0.1) is 62.1 Å². The molecule has 54 heavy (non-hydrogen) atoms. The number of carbonyl (C=O) groups excluding carboxylic acids is 2. The standard InChI is InChI=1S/C47H69NO6/c1-29(2)33-17-22-47(25-38(50)48-28-31-11-13-32(14-12-31)30(3)49)24-23-45(9)34(41(33)47)15-16-36-44(8)20-19-37(43(6,7)35(44)18-21-46(36,45)10)54-40(53)27-42(4,5)26-39(51)52/h11-14,33-37,41,49H,1,3,15-28H2,2,4-10H3,(H,48,50)(H,51,52)/t33-,34+,35-,36+,37-,41+,44-,45+,46+,47+/m0/s1. The first-order valence-electron chi connectivity index (χ1n) is 20.9. The van der Waals surface area contributed by atoms with Crippen LogP contribution in [-0.4, -0.2) is 34.2 Å². The summed E-state index contributed by atoms with van der Waals surface area (Å²) in [4.78, 5) is 38.5. The lowest BCUT2D eigenvalue weighted by Gasteiger charge is -2.73. The summed E-state index contributed by atoms with van der Waals surface area (Å²) in [5, 5.41) is 22.3. The number of amides is 1. The topological polar surface area (TPSA) is 113 Å². The molecule has 0 radical (unpaired) electrons. The van der Waals surface area contributed by atoms with Crippen molar-refractivity contribution in [2.45, 2.75) is 152 Å². The molecule has 5 aliphatic rings. The van der Waals surface area contributed by atoms with Gasteiger partial charge in [0.1, 0.15) is 11.9 Å². The van der Waals surface area contributed by atoms with Crippen molar-refractivity contribution in [3.63, 3.8) is 0 Å². The number of aliphatic hydroxyl groups is 1. The van der Waals surface area contributed by atoms with Crippen LogP contribution in [-0.2, 0) is 25.7 Å². The first-order valence-corrected chi connectivity index (χ1v) is 20.9. The largest absolute Gasteiger partial charge is 0.508 e. The Bertz CT molecular complexity index is 1660. The number of aliphatic carboxylic acids is 1. The highest BCUT2D eigenvalue weighted by molar-refractivity contribution is 5.77. The first-order chi connectivity index (χ1) is 25.1. The molecule has 7 heteroatoms. The Labute approximate surface area is 325 Å². The van der Waals surface area contributed by atoms with Crippen molar-refractivity contribution in [3.05, 3.63) is 54.1 Å². The molecule has 5 saturated carbocycles. The summed E-state index contributed by atoms with van der Waals surface area (Å²) < 4.78 is 6.28. The van der Waals surface area contributed by atoms with Gasteiger partial charge < -0.3 is 20.3 Å². The number of carboxylic acids is 1. The third-order valence-electron chi connectivity index (χ3n) is 17.0. The molecule has 7 nitrogen and oxygen atoms in total. The number of benzene rings is 1. The maximum atomic E-state index is 13.8. The zero-order valence-electron chi connectivity index (χ0n) is 34.6. The molecule has 10 atom stereocenters. The Hall–Kier alpha value is -3.09. The highest BCUT2D eigenvalue weighted by Crippen LogP contribution is 2.78. The Morgan fingerprint density at radius 3 is 2.15 bits per heavy atom. The number of nitrogens with one attached hydrogen (secondary N) is 1. The fourth-order valence-electron chi connectivity index (χ4n) is 14.2.